The van der Waals surface area contributed by atoms with Crippen LogP contribution in [0.2, 0.25) is 5.02 Å². The normalized spacial score (nSPS) is 11.2. The quantitative estimate of drug-likeness (QED) is 0.568. The molecule has 84 valence electrons. The van der Waals surface area contributed by atoms with Crippen LogP contribution in [0.4, 0.5) is 4.39 Å². The van der Waals surface area contributed by atoms with E-state index in [1.807, 2.05) is 0 Å². The van der Waals surface area contributed by atoms with E-state index in [1.165, 1.54) is 18.2 Å². The van der Waals surface area contributed by atoms with Crippen LogP contribution in [-0.2, 0) is 0 Å². The van der Waals surface area contributed by atoms with Gasteiger partial charge in [0, 0.05) is 5.02 Å². The average Bonchev–Trinajstić information content (AvgIpc) is 2.30. The summed E-state index contributed by atoms with van der Waals surface area (Å²) in [6.07, 6.45) is 0. The Bertz CT molecular complexity index is 792. The molecule has 1 aromatic heterocycles. The van der Waals surface area contributed by atoms with Gasteiger partial charge in [-0.1, -0.05) is 17.7 Å². The Morgan fingerprint density at radius 1 is 1.12 bits per heavy atom. The molecule has 0 aliphatic carbocycles. The summed E-state index contributed by atoms with van der Waals surface area (Å²) >= 11 is 5.81. The molecule has 3 aromatic rings. The number of rotatable bonds is 0. The van der Waals surface area contributed by atoms with Gasteiger partial charge < -0.3 is 4.42 Å². The Morgan fingerprint density at radius 3 is 2.76 bits per heavy atom. The molecule has 0 aliphatic heterocycles. The third kappa shape index (κ3) is 1.51. The van der Waals surface area contributed by atoms with Gasteiger partial charge in [-0.3, -0.25) is 4.79 Å². The van der Waals surface area contributed by atoms with Crippen LogP contribution in [0.25, 0.3) is 21.9 Å². The van der Waals surface area contributed by atoms with Crippen LogP contribution in [0.5, 0.6) is 0 Å². The first-order valence-electron chi connectivity index (χ1n) is 4.97. The van der Waals surface area contributed by atoms with Gasteiger partial charge in [0.2, 0.25) is 5.43 Å². The highest BCUT2D eigenvalue weighted by molar-refractivity contribution is 6.31. The summed E-state index contributed by atoms with van der Waals surface area (Å²) in [4.78, 5) is 12.1. The lowest BCUT2D eigenvalue weighted by molar-refractivity contribution is 0.625. The lowest BCUT2D eigenvalue weighted by atomic mass is 10.1. The molecule has 3 rings (SSSR count). The van der Waals surface area contributed by atoms with Crippen LogP contribution in [0, 0.1) is 5.82 Å². The Hall–Kier alpha value is -1.87. The molecule has 2 nitrogen and oxygen atoms in total. The van der Waals surface area contributed by atoms with Crippen LogP contribution in [-0.4, -0.2) is 0 Å². The van der Waals surface area contributed by atoms with E-state index >= 15 is 0 Å². The summed E-state index contributed by atoms with van der Waals surface area (Å²) in [7, 11) is 0. The highest BCUT2D eigenvalue weighted by Gasteiger charge is 2.11. The van der Waals surface area contributed by atoms with Gasteiger partial charge in [-0.2, -0.15) is 0 Å². The van der Waals surface area contributed by atoms with Crippen molar-refractivity contribution in [3.63, 3.8) is 0 Å². The Morgan fingerprint density at radius 2 is 1.94 bits per heavy atom. The first-order chi connectivity index (χ1) is 8.16. The second kappa shape index (κ2) is 3.57. The van der Waals surface area contributed by atoms with Crippen molar-refractivity contribution in [3.05, 3.63) is 57.5 Å². The van der Waals surface area contributed by atoms with Gasteiger partial charge >= 0.3 is 0 Å². The standard InChI is InChI=1S/C13H6ClFO2/c14-7-4-5-10-8(6-7)13(16)12-9(15)2-1-3-11(12)17-10/h1-6H. The third-order valence-corrected chi connectivity index (χ3v) is 2.84. The molecule has 0 radical (unpaired) electrons. The maximum Gasteiger partial charge on any atom is 0.203 e. The fourth-order valence-electron chi connectivity index (χ4n) is 1.83. The molecular weight excluding hydrogens is 243 g/mol. The zero-order valence-electron chi connectivity index (χ0n) is 8.54. The molecule has 17 heavy (non-hydrogen) atoms. The zero-order chi connectivity index (χ0) is 12.0. The Kier molecular flexibility index (Phi) is 2.16. The third-order valence-electron chi connectivity index (χ3n) is 2.61. The van der Waals surface area contributed by atoms with Gasteiger partial charge in [0.25, 0.3) is 0 Å². The predicted octanol–water partition coefficient (Wildman–Crippen LogP) is 3.74. The molecule has 0 aliphatic rings. The summed E-state index contributed by atoms with van der Waals surface area (Å²) in [5, 5.41) is 0.665. The van der Waals surface area contributed by atoms with E-state index in [9.17, 15) is 9.18 Å². The van der Waals surface area contributed by atoms with E-state index in [1.54, 1.807) is 18.2 Å². The predicted molar refractivity (Wildman–Crippen MR) is 65.0 cm³/mol. The first-order valence-corrected chi connectivity index (χ1v) is 5.35. The van der Waals surface area contributed by atoms with Crippen molar-refractivity contribution < 1.29 is 8.81 Å². The maximum absolute atomic E-state index is 13.6. The largest absolute Gasteiger partial charge is 0.456 e. The van der Waals surface area contributed by atoms with E-state index in [2.05, 4.69) is 0 Å². The lowest BCUT2D eigenvalue weighted by Crippen LogP contribution is -2.04. The van der Waals surface area contributed by atoms with Crippen molar-refractivity contribution >= 4 is 33.5 Å². The van der Waals surface area contributed by atoms with Crippen LogP contribution >= 0.6 is 11.6 Å². The number of hydrogen-bond acceptors (Lipinski definition) is 2. The minimum atomic E-state index is -0.585. The van der Waals surface area contributed by atoms with Crippen molar-refractivity contribution in [2.45, 2.75) is 0 Å². The van der Waals surface area contributed by atoms with Gasteiger partial charge in [0.05, 0.1) is 5.39 Å². The molecule has 0 fully saturated rings. The Balaban J connectivity index is 2.63. The number of halogens is 2. The van der Waals surface area contributed by atoms with Gasteiger partial charge in [-0.15, -0.1) is 0 Å². The second-order valence-electron chi connectivity index (χ2n) is 3.68. The van der Waals surface area contributed by atoms with Gasteiger partial charge in [-0.05, 0) is 30.3 Å². The van der Waals surface area contributed by atoms with Crippen LogP contribution in [0.1, 0.15) is 0 Å². The molecule has 0 unspecified atom stereocenters. The molecule has 0 N–H and O–H groups in total. The average molecular weight is 249 g/mol. The fourth-order valence-corrected chi connectivity index (χ4v) is 2.00. The highest BCUT2D eigenvalue weighted by Crippen LogP contribution is 2.22. The first kappa shape index (κ1) is 10.3. The zero-order valence-corrected chi connectivity index (χ0v) is 9.29. The maximum atomic E-state index is 13.6. The molecular formula is C13H6ClFO2. The second-order valence-corrected chi connectivity index (χ2v) is 4.12. The van der Waals surface area contributed by atoms with Crippen LogP contribution in [0.3, 0.4) is 0 Å². The van der Waals surface area contributed by atoms with Crippen molar-refractivity contribution in [2.75, 3.05) is 0 Å². The van der Waals surface area contributed by atoms with E-state index in [0.29, 0.717) is 10.6 Å². The Labute approximate surface area is 100 Å². The van der Waals surface area contributed by atoms with Crippen LogP contribution in [0.15, 0.2) is 45.6 Å². The molecule has 0 spiro atoms. The van der Waals surface area contributed by atoms with E-state index < -0.39 is 11.2 Å². The summed E-state index contributed by atoms with van der Waals surface area (Å²) in [6, 6.07) is 9.00. The molecule has 2 aromatic carbocycles. The topological polar surface area (TPSA) is 30.2 Å². The van der Waals surface area contributed by atoms with E-state index in [0.717, 1.165) is 0 Å². The molecule has 0 amide bonds. The lowest BCUT2D eigenvalue weighted by Gasteiger charge is -2.02. The molecule has 0 bridgehead atoms. The molecule has 4 heteroatoms. The van der Waals surface area contributed by atoms with Crippen LogP contribution < -0.4 is 5.43 Å². The van der Waals surface area contributed by atoms with Gasteiger partial charge in [0.15, 0.2) is 0 Å². The van der Waals surface area contributed by atoms with Crippen molar-refractivity contribution in [1.82, 2.24) is 0 Å². The van der Waals surface area contributed by atoms with Gasteiger partial charge in [0.1, 0.15) is 22.4 Å². The minimum Gasteiger partial charge on any atom is -0.456 e. The highest BCUT2D eigenvalue weighted by atomic mass is 35.5. The number of benzene rings is 2. The van der Waals surface area contributed by atoms with Crippen molar-refractivity contribution in [1.29, 1.82) is 0 Å². The van der Waals surface area contributed by atoms with Crippen molar-refractivity contribution in [3.8, 4) is 0 Å². The smallest absolute Gasteiger partial charge is 0.203 e. The SMILES string of the molecule is O=c1c2cc(Cl)ccc2oc2cccc(F)c12. The number of hydrogen-bond donors (Lipinski definition) is 0. The fraction of sp³-hybridized carbons (Fsp3) is 0. The molecule has 0 saturated heterocycles. The van der Waals surface area contributed by atoms with E-state index in [4.69, 9.17) is 16.0 Å². The summed E-state index contributed by atoms with van der Waals surface area (Å²) in [6.45, 7) is 0. The van der Waals surface area contributed by atoms with Crippen molar-refractivity contribution in [2.24, 2.45) is 0 Å². The summed E-state index contributed by atoms with van der Waals surface area (Å²) in [5.41, 5.74) is 0.240. The van der Waals surface area contributed by atoms with E-state index in [-0.39, 0.29) is 16.4 Å². The minimum absolute atomic E-state index is 0.0396. The molecule has 0 atom stereocenters. The monoisotopic (exact) mass is 248 g/mol. The molecule has 1 heterocycles. The summed E-state index contributed by atoms with van der Waals surface area (Å²) < 4.78 is 19.0. The molecule has 0 saturated carbocycles. The number of fused-ring (bicyclic) bond motifs is 2. The summed E-state index contributed by atoms with van der Waals surface area (Å²) in [5.74, 6) is -0.585. The van der Waals surface area contributed by atoms with Gasteiger partial charge in [-0.25, -0.2) is 4.39 Å².